The van der Waals surface area contributed by atoms with Crippen molar-refractivity contribution in [2.75, 3.05) is 14.2 Å². The second-order valence-corrected chi connectivity index (χ2v) is 5.68. The normalized spacial score (nSPS) is 11.4. The number of benzene rings is 1. The summed E-state index contributed by atoms with van der Waals surface area (Å²) in [5.41, 5.74) is 7.45. The van der Waals surface area contributed by atoms with E-state index in [0.29, 0.717) is 0 Å². The lowest BCUT2D eigenvalue weighted by molar-refractivity contribution is 0.395. The molecule has 0 saturated carbocycles. The Bertz CT molecular complexity index is 573. The molecule has 0 bridgehead atoms. The van der Waals surface area contributed by atoms with Crippen molar-refractivity contribution in [2.24, 2.45) is 5.73 Å². The van der Waals surface area contributed by atoms with E-state index in [0.717, 1.165) is 27.8 Å². The number of hydrogen-bond donors (Lipinski definition) is 1. The van der Waals surface area contributed by atoms with E-state index in [2.05, 4.69) is 4.98 Å². The maximum absolute atomic E-state index is 6.06. The predicted molar refractivity (Wildman–Crippen MR) is 77.9 cm³/mol. The SMILES string of the molecule is COc1ccc(-c2csc(C(C)(C)N)n2)c(OC)c1. The summed E-state index contributed by atoms with van der Waals surface area (Å²) in [6, 6.07) is 5.69. The minimum atomic E-state index is -0.428. The van der Waals surface area contributed by atoms with Crippen molar-refractivity contribution in [1.29, 1.82) is 0 Å². The lowest BCUT2D eigenvalue weighted by Gasteiger charge is -2.14. The topological polar surface area (TPSA) is 57.4 Å². The lowest BCUT2D eigenvalue weighted by Crippen LogP contribution is -2.28. The Morgan fingerprint density at radius 1 is 1.21 bits per heavy atom. The molecule has 0 radical (unpaired) electrons. The molecule has 5 heteroatoms. The summed E-state index contributed by atoms with van der Waals surface area (Å²) in [5.74, 6) is 1.50. The van der Waals surface area contributed by atoms with Crippen molar-refractivity contribution in [2.45, 2.75) is 19.4 Å². The van der Waals surface area contributed by atoms with Crippen LogP contribution in [0.2, 0.25) is 0 Å². The summed E-state index contributed by atoms with van der Waals surface area (Å²) in [4.78, 5) is 4.59. The summed E-state index contributed by atoms with van der Waals surface area (Å²) in [7, 11) is 3.27. The van der Waals surface area contributed by atoms with Gasteiger partial charge in [0.15, 0.2) is 0 Å². The van der Waals surface area contributed by atoms with Crippen LogP contribution in [-0.4, -0.2) is 19.2 Å². The Morgan fingerprint density at radius 3 is 2.47 bits per heavy atom. The Balaban J connectivity index is 2.44. The maximum atomic E-state index is 6.06. The monoisotopic (exact) mass is 278 g/mol. The van der Waals surface area contributed by atoms with Crippen LogP contribution in [0, 0.1) is 0 Å². The molecule has 2 aromatic rings. The smallest absolute Gasteiger partial charge is 0.131 e. The summed E-state index contributed by atoms with van der Waals surface area (Å²) < 4.78 is 10.6. The van der Waals surface area contributed by atoms with Gasteiger partial charge < -0.3 is 15.2 Å². The number of methoxy groups -OCH3 is 2. The molecule has 102 valence electrons. The Morgan fingerprint density at radius 2 is 1.95 bits per heavy atom. The Labute approximate surface area is 117 Å². The van der Waals surface area contributed by atoms with E-state index in [-0.39, 0.29) is 0 Å². The molecule has 19 heavy (non-hydrogen) atoms. The second kappa shape index (κ2) is 5.19. The van der Waals surface area contributed by atoms with E-state index >= 15 is 0 Å². The van der Waals surface area contributed by atoms with E-state index in [4.69, 9.17) is 15.2 Å². The van der Waals surface area contributed by atoms with Gasteiger partial charge in [-0.15, -0.1) is 11.3 Å². The van der Waals surface area contributed by atoms with Crippen LogP contribution in [0.5, 0.6) is 11.5 Å². The number of nitrogens with two attached hydrogens (primary N) is 1. The average Bonchev–Trinajstić information content (AvgIpc) is 2.87. The van der Waals surface area contributed by atoms with E-state index in [1.165, 1.54) is 0 Å². The van der Waals surface area contributed by atoms with Crippen LogP contribution in [0.4, 0.5) is 0 Å². The van der Waals surface area contributed by atoms with Gasteiger partial charge in [-0.3, -0.25) is 0 Å². The third-order valence-corrected chi connectivity index (χ3v) is 3.92. The van der Waals surface area contributed by atoms with Crippen LogP contribution in [0.25, 0.3) is 11.3 Å². The zero-order valence-electron chi connectivity index (χ0n) is 11.6. The average molecular weight is 278 g/mol. The first-order chi connectivity index (χ1) is 8.95. The van der Waals surface area contributed by atoms with Gasteiger partial charge in [0, 0.05) is 17.0 Å². The van der Waals surface area contributed by atoms with Crippen molar-refractivity contribution >= 4 is 11.3 Å². The minimum absolute atomic E-state index is 0.428. The number of nitrogens with zero attached hydrogens (tertiary/aromatic N) is 1. The fourth-order valence-corrected chi connectivity index (χ4v) is 2.56. The van der Waals surface area contributed by atoms with Crippen molar-refractivity contribution < 1.29 is 9.47 Å². The first-order valence-electron chi connectivity index (χ1n) is 5.93. The number of thiazole rings is 1. The van der Waals surface area contributed by atoms with Crippen molar-refractivity contribution in [1.82, 2.24) is 4.98 Å². The van der Waals surface area contributed by atoms with Gasteiger partial charge in [0.05, 0.1) is 25.5 Å². The van der Waals surface area contributed by atoms with E-state index in [1.807, 2.05) is 37.4 Å². The van der Waals surface area contributed by atoms with E-state index < -0.39 is 5.54 Å². The van der Waals surface area contributed by atoms with Crippen molar-refractivity contribution in [3.63, 3.8) is 0 Å². The van der Waals surface area contributed by atoms with Gasteiger partial charge in [0.2, 0.25) is 0 Å². The van der Waals surface area contributed by atoms with Crippen LogP contribution in [0.1, 0.15) is 18.9 Å². The first kappa shape index (κ1) is 13.8. The molecule has 0 spiro atoms. The largest absolute Gasteiger partial charge is 0.497 e. The van der Waals surface area contributed by atoms with Crippen LogP contribution in [0.3, 0.4) is 0 Å². The van der Waals surface area contributed by atoms with Gasteiger partial charge in [-0.1, -0.05) is 0 Å². The Hall–Kier alpha value is -1.59. The Kier molecular flexibility index (Phi) is 3.78. The standard InChI is InChI=1S/C14H18N2O2S/c1-14(2,15)13-16-11(8-19-13)10-6-5-9(17-3)7-12(10)18-4/h5-8H,15H2,1-4H3. The molecule has 0 fully saturated rings. The molecule has 2 rings (SSSR count). The molecule has 2 N–H and O–H groups in total. The third-order valence-electron chi connectivity index (χ3n) is 2.74. The number of ether oxygens (including phenoxy) is 2. The molecule has 0 unspecified atom stereocenters. The molecule has 1 heterocycles. The van der Waals surface area contributed by atoms with Crippen molar-refractivity contribution in [3.8, 4) is 22.8 Å². The predicted octanol–water partition coefficient (Wildman–Crippen LogP) is 3.02. The highest BCUT2D eigenvalue weighted by molar-refractivity contribution is 7.10. The number of hydrogen-bond acceptors (Lipinski definition) is 5. The van der Waals surface area contributed by atoms with Crippen LogP contribution < -0.4 is 15.2 Å². The minimum Gasteiger partial charge on any atom is -0.497 e. The van der Waals surface area contributed by atoms with E-state index in [9.17, 15) is 0 Å². The zero-order valence-corrected chi connectivity index (χ0v) is 12.4. The quantitative estimate of drug-likeness (QED) is 0.934. The summed E-state index contributed by atoms with van der Waals surface area (Å²) in [5, 5.41) is 2.90. The zero-order chi connectivity index (χ0) is 14.0. The van der Waals surface area contributed by atoms with Gasteiger partial charge >= 0.3 is 0 Å². The lowest BCUT2D eigenvalue weighted by atomic mass is 10.1. The van der Waals surface area contributed by atoms with Gasteiger partial charge in [0.25, 0.3) is 0 Å². The molecular formula is C14H18N2O2S. The highest BCUT2D eigenvalue weighted by Gasteiger charge is 2.20. The van der Waals surface area contributed by atoms with Gasteiger partial charge in [0.1, 0.15) is 16.5 Å². The van der Waals surface area contributed by atoms with Gasteiger partial charge in [-0.2, -0.15) is 0 Å². The van der Waals surface area contributed by atoms with Crippen LogP contribution >= 0.6 is 11.3 Å². The molecule has 0 aliphatic carbocycles. The van der Waals surface area contributed by atoms with Crippen LogP contribution in [-0.2, 0) is 5.54 Å². The third kappa shape index (κ3) is 2.88. The van der Waals surface area contributed by atoms with E-state index in [1.54, 1.807) is 25.6 Å². The maximum Gasteiger partial charge on any atom is 0.131 e. The molecule has 0 aliphatic rings. The molecular weight excluding hydrogens is 260 g/mol. The molecule has 0 amide bonds. The summed E-state index contributed by atoms with van der Waals surface area (Å²) >= 11 is 1.56. The molecule has 0 saturated heterocycles. The number of rotatable bonds is 4. The molecule has 0 atom stereocenters. The fourth-order valence-electron chi connectivity index (χ4n) is 1.70. The summed E-state index contributed by atoms with van der Waals surface area (Å²) in [6.07, 6.45) is 0. The van der Waals surface area contributed by atoms with Crippen molar-refractivity contribution in [3.05, 3.63) is 28.6 Å². The molecule has 0 aliphatic heterocycles. The molecule has 4 nitrogen and oxygen atoms in total. The molecule has 1 aromatic heterocycles. The number of aromatic nitrogens is 1. The fraction of sp³-hybridized carbons (Fsp3) is 0.357. The first-order valence-corrected chi connectivity index (χ1v) is 6.81. The highest BCUT2D eigenvalue weighted by Crippen LogP contribution is 2.35. The summed E-state index contributed by atoms with van der Waals surface area (Å²) in [6.45, 7) is 3.89. The second-order valence-electron chi connectivity index (χ2n) is 4.83. The van der Waals surface area contributed by atoms with Gasteiger partial charge in [-0.05, 0) is 26.0 Å². The highest BCUT2D eigenvalue weighted by atomic mass is 32.1. The molecule has 1 aromatic carbocycles. The van der Waals surface area contributed by atoms with Crippen LogP contribution in [0.15, 0.2) is 23.6 Å². The van der Waals surface area contributed by atoms with Gasteiger partial charge in [-0.25, -0.2) is 4.98 Å².